The van der Waals surface area contributed by atoms with Gasteiger partial charge in [-0.2, -0.15) is 0 Å². The zero-order chi connectivity index (χ0) is 22.6. The van der Waals surface area contributed by atoms with Crippen LogP contribution in [0.1, 0.15) is 49.9 Å². The van der Waals surface area contributed by atoms with Gasteiger partial charge in [0.2, 0.25) is 20.9 Å². The van der Waals surface area contributed by atoms with Gasteiger partial charge in [-0.3, -0.25) is 4.79 Å². The molecule has 7 nitrogen and oxygen atoms in total. The van der Waals surface area contributed by atoms with Crippen molar-refractivity contribution in [3.63, 3.8) is 0 Å². The number of benzene rings is 1. The van der Waals surface area contributed by atoms with Gasteiger partial charge in [0.25, 0.3) is 0 Å². The summed E-state index contributed by atoms with van der Waals surface area (Å²) in [6.45, 7) is 7.12. The van der Waals surface area contributed by atoms with Crippen LogP contribution in [0.3, 0.4) is 0 Å². The molecule has 8 heteroatoms. The fourth-order valence-electron chi connectivity index (χ4n) is 3.60. The number of ether oxygens (including phenoxy) is 1. The summed E-state index contributed by atoms with van der Waals surface area (Å²) in [7, 11) is -2.07. The second kappa shape index (κ2) is 9.96. The molecule has 1 saturated carbocycles. The number of rotatable bonds is 11. The van der Waals surface area contributed by atoms with E-state index in [0.717, 1.165) is 29.7 Å². The monoisotopic (exact) mass is 447 g/mol. The van der Waals surface area contributed by atoms with Crippen LogP contribution in [0.4, 0.5) is 0 Å². The molecule has 1 fully saturated rings. The number of carbonyl (C=O) groups is 1. The van der Waals surface area contributed by atoms with Crippen molar-refractivity contribution in [2.75, 3.05) is 13.7 Å². The van der Waals surface area contributed by atoms with E-state index in [1.54, 1.807) is 17.9 Å². The van der Waals surface area contributed by atoms with Gasteiger partial charge in [-0.15, -0.1) is 0 Å². The summed E-state index contributed by atoms with van der Waals surface area (Å²) in [6, 6.07) is 7.71. The van der Waals surface area contributed by atoms with Crippen LogP contribution >= 0.6 is 0 Å². The normalized spacial score (nSPS) is 14.2. The van der Waals surface area contributed by atoms with Gasteiger partial charge in [0.05, 0.1) is 30.8 Å². The maximum absolute atomic E-state index is 13.2. The number of methoxy groups -OCH3 is 1. The number of carbonyl (C=O) groups excluding carboxylic acids is 1. The van der Waals surface area contributed by atoms with E-state index in [9.17, 15) is 13.2 Å². The van der Waals surface area contributed by atoms with E-state index in [2.05, 4.69) is 4.98 Å². The van der Waals surface area contributed by atoms with Crippen LogP contribution in [0.2, 0.25) is 0 Å². The van der Waals surface area contributed by atoms with Crippen LogP contribution < -0.4 is 0 Å². The minimum atomic E-state index is -3.65. The van der Waals surface area contributed by atoms with Crippen LogP contribution in [0, 0.1) is 12.8 Å². The summed E-state index contributed by atoms with van der Waals surface area (Å²) in [6.07, 6.45) is 4.07. The molecule has 2 aromatic rings. The molecule has 31 heavy (non-hydrogen) atoms. The lowest BCUT2D eigenvalue weighted by Gasteiger charge is -2.24. The fraction of sp³-hybridized carbons (Fsp3) is 0.565. The van der Waals surface area contributed by atoms with E-state index >= 15 is 0 Å². The van der Waals surface area contributed by atoms with Gasteiger partial charge >= 0.3 is 0 Å². The van der Waals surface area contributed by atoms with E-state index in [4.69, 9.17) is 4.74 Å². The zero-order valence-corrected chi connectivity index (χ0v) is 19.7. The average Bonchev–Trinajstić information content (AvgIpc) is 3.45. The molecule has 170 valence electrons. The molecule has 1 aliphatic carbocycles. The highest BCUT2D eigenvalue weighted by Crippen LogP contribution is 2.30. The van der Waals surface area contributed by atoms with Crippen molar-refractivity contribution in [3.05, 3.63) is 47.3 Å². The summed E-state index contributed by atoms with van der Waals surface area (Å²) in [5.41, 5.74) is 2.53. The Morgan fingerprint density at radius 2 is 1.94 bits per heavy atom. The molecule has 0 atom stereocenters. The fourth-order valence-corrected chi connectivity index (χ4v) is 5.12. The van der Waals surface area contributed by atoms with Crippen molar-refractivity contribution in [2.45, 2.75) is 70.1 Å². The number of nitrogens with zero attached hydrogens (tertiary/aromatic N) is 3. The molecular formula is C23H33N3O4S. The molecule has 0 radical (unpaired) electrons. The molecule has 0 spiro atoms. The van der Waals surface area contributed by atoms with Crippen LogP contribution in [0.15, 0.2) is 35.6 Å². The minimum absolute atomic E-state index is 0.0344. The van der Waals surface area contributed by atoms with E-state index < -0.39 is 9.84 Å². The number of sulfone groups is 1. The van der Waals surface area contributed by atoms with Crippen molar-refractivity contribution in [3.8, 4) is 0 Å². The Morgan fingerprint density at radius 3 is 2.52 bits per heavy atom. The van der Waals surface area contributed by atoms with Crippen molar-refractivity contribution in [2.24, 2.45) is 5.92 Å². The van der Waals surface area contributed by atoms with Gasteiger partial charge in [0, 0.05) is 26.1 Å². The lowest BCUT2D eigenvalue weighted by Crippen LogP contribution is -2.34. The number of aromatic nitrogens is 2. The van der Waals surface area contributed by atoms with Crippen LogP contribution in [0.25, 0.3) is 0 Å². The van der Waals surface area contributed by atoms with E-state index in [1.807, 2.05) is 49.9 Å². The summed E-state index contributed by atoms with van der Waals surface area (Å²) >= 11 is 0. The summed E-state index contributed by atoms with van der Waals surface area (Å²) in [4.78, 5) is 19.0. The predicted octanol–water partition coefficient (Wildman–Crippen LogP) is 3.35. The highest BCUT2D eigenvalue weighted by atomic mass is 32.2. The van der Waals surface area contributed by atoms with Gasteiger partial charge in [0.15, 0.2) is 0 Å². The molecule has 0 aliphatic heterocycles. The number of amides is 1. The van der Waals surface area contributed by atoms with Crippen molar-refractivity contribution >= 4 is 15.7 Å². The van der Waals surface area contributed by atoms with E-state index in [1.165, 1.54) is 0 Å². The minimum Gasteiger partial charge on any atom is -0.383 e. The molecule has 1 aromatic heterocycles. The average molecular weight is 448 g/mol. The van der Waals surface area contributed by atoms with Gasteiger partial charge in [0.1, 0.15) is 0 Å². The Hall–Kier alpha value is -2.19. The van der Waals surface area contributed by atoms with Crippen LogP contribution in [-0.2, 0) is 38.2 Å². The number of aryl methyl sites for hydroxylation is 1. The molecule has 0 saturated heterocycles. The molecular weight excluding hydrogens is 414 g/mol. The smallest absolute Gasteiger partial charge is 0.228 e. The Kier molecular flexibility index (Phi) is 7.54. The van der Waals surface area contributed by atoms with Gasteiger partial charge in [-0.25, -0.2) is 13.4 Å². The zero-order valence-electron chi connectivity index (χ0n) is 18.9. The number of hydrogen-bond donors (Lipinski definition) is 0. The lowest BCUT2D eigenvalue weighted by molar-refractivity contribution is -0.133. The number of hydrogen-bond acceptors (Lipinski definition) is 5. The Labute approximate surface area is 185 Å². The largest absolute Gasteiger partial charge is 0.383 e. The lowest BCUT2D eigenvalue weighted by atomic mass is 10.1. The first-order valence-electron chi connectivity index (χ1n) is 10.8. The van der Waals surface area contributed by atoms with Gasteiger partial charge in [-0.05, 0) is 31.2 Å². The first-order valence-corrected chi connectivity index (χ1v) is 12.5. The van der Waals surface area contributed by atoms with Crippen molar-refractivity contribution in [1.82, 2.24) is 14.5 Å². The first kappa shape index (κ1) is 23.5. The van der Waals surface area contributed by atoms with Crippen molar-refractivity contribution in [1.29, 1.82) is 0 Å². The quantitative estimate of drug-likeness (QED) is 0.528. The third kappa shape index (κ3) is 6.17. The maximum Gasteiger partial charge on any atom is 0.228 e. The molecule has 1 aromatic carbocycles. The third-order valence-electron chi connectivity index (χ3n) is 5.40. The molecule has 3 rings (SSSR count). The molecule has 0 bridgehead atoms. The second-order valence-corrected chi connectivity index (χ2v) is 10.7. The Bertz CT molecular complexity index is 992. The highest BCUT2D eigenvalue weighted by Gasteiger charge is 2.34. The molecule has 1 amide bonds. The Balaban J connectivity index is 1.88. The van der Waals surface area contributed by atoms with E-state index in [-0.39, 0.29) is 28.8 Å². The highest BCUT2D eigenvalue weighted by molar-refractivity contribution is 7.90. The SMILES string of the molecule is COCCn1c(CN(C(=O)CC(C)C)C2CC2)cnc1S(=O)(=O)Cc1ccc(C)cc1. The third-order valence-corrected chi connectivity index (χ3v) is 6.99. The van der Waals surface area contributed by atoms with Gasteiger partial charge in [-0.1, -0.05) is 43.7 Å². The Morgan fingerprint density at radius 1 is 1.26 bits per heavy atom. The maximum atomic E-state index is 13.2. The standard InChI is InChI=1S/C23H33N3O4S/c1-17(2)13-22(27)26(20-9-10-20)15-21-14-24-23(25(21)11-12-30-4)31(28,29)16-19-7-5-18(3)6-8-19/h5-8,14,17,20H,9-13,15-16H2,1-4H3. The summed E-state index contributed by atoms with van der Waals surface area (Å²) < 4.78 is 33.3. The first-order chi connectivity index (χ1) is 14.7. The van der Waals surface area contributed by atoms with Gasteiger partial charge < -0.3 is 14.2 Å². The number of imidazole rings is 1. The summed E-state index contributed by atoms with van der Waals surface area (Å²) in [5.74, 6) is 0.272. The van der Waals surface area contributed by atoms with Crippen LogP contribution in [-0.4, -0.2) is 48.5 Å². The molecule has 0 N–H and O–H groups in total. The molecule has 1 heterocycles. The summed E-state index contributed by atoms with van der Waals surface area (Å²) in [5, 5.41) is 0.0344. The second-order valence-electron chi connectivity index (χ2n) is 8.77. The van der Waals surface area contributed by atoms with Crippen molar-refractivity contribution < 1.29 is 17.9 Å². The molecule has 1 aliphatic rings. The topological polar surface area (TPSA) is 81.5 Å². The predicted molar refractivity (Wildman–Crippen MR) is 119 cm³/mol. The van der Waals surface area contributed by atoms with Crippen LogP contribution in [0.5, 0.6) is 0 Å². The molecule has 0 unspecified atom stereocenters. The van der Waals surface area contributed by atoms with E-state index in [0.29, 0.717) is 26.1 Å².